The predicted molar refractivity (Wildman–Crippen MR) is 66.0 cm³/mol. The van der Waals surface area contributed by atoms with Crippen LogP contribution in [0.1, 0.15) is 32.6 Å². The van der Waals surface area contributed by atoms with Crippen molar-refractivity contribution < 1.29 is 13.6 Å². The molecule has 3 N–H and O–H groups in total. The fourth-order valence-corrected chi connectivity index (χ4v) is 2.34. The quantitative estimate of drug-likeness (QED) is 0.797. The van der Waals surface area contributed by atoms with Crippen molar-refractivity contribution in [3.05, 3.63) is 23.8 Å². The van der Waals surface area contributed by atoms with Crippen molar-refractivity contribution in [3.8, 4) is 0 Å². The van der Waals surface area contributed by atoms with Gasteiger partial charge in [0.2, 0.25) is 5.91 Å². The highest BCUT2D eigenvalue weighted by Crippen LogP contribution is 2.39. The molecule has 5 heteroatoms. The summed E-state index contributed by atoms with van der Waals surface area (Å²) >= 11 is 0. The largest absolute Gasteiger partial charge is 0.397 e. The van der Waals surface area contributed by atoms with Crippen molar-refractivity contribution in [3.63, 3.8) is 0 Å². The number of hydrogen-bond donors (Lipinski definition) is 2. The monoisotopic (exact) mass is 254 g/mol. The summed E-state index contributed by atoms with van der Waals surface area (Å²) in [5, 5.41) is 2.42. The van der Waals surface area contributed by atoms with Gasteiger partial charge in [-0.25, -0.2) is 8.78 Å². The number of nitrogens with one attached hydrogen (secondary N) is 1. The average Bonchev–Trinajstić information content (AvgIpc) is 2.78. The number of benzene rings is 1. The molecular weight excluding hydrogens is 238 g/mol. The zero-order chi connectivity index (χ0) is 13.3. The van der Waals surface area contributed by atoms with Gasteiger partial charge >= 0.3 is 0 Å². The van der Waals surface area contributed by atoms with Gasteiger partial charge in [0.25, 0.3) is 0 Å². The Morgan fingerprint density at radius 2 is 1.94 bits per heavy atom. The number of carbonyl (C=O) groups is 1. The zero-order valence-electron chi connectivity index (χ0n) is 10.2. The lowest BCUT2D eigenvalue weighted by Gasteiger charge is -2.23. The number of carbonyl (C=O) groups excluding carboxylic acids is 1. The minimum atomic E-state index is -1.11. The molecule has 1 saturated carbocycles. The van der Waals surface area contributed by atoms with Crippen molar-refractivity contribution in [2.24, 2.45) is 5.41 Å². The van der Waals surface area contributed by atoms with Gasteiger partial charge in [-0.2, -0.15) is 0 Å². The van der Waals surface area contributed by atoms with E-state index < -0.39 is 17.0 Å². The predicted octanol–water partition coefficient (Wildman–Crippen LogP) is 3.07. The first-order valence-electron chi connectivity index (χ1n) is 5.99. The molecule has 1 amide bonds. The number of hydrogen-bond acceptors (Lipinski definition) is 2. The van der Waals surface area contributed by atoms with E-state index >= 15 is 0 Å². The van der Waals surface area contributed by atoms with Gasteiger partial charge in [0, 0.05) is 5.41 Å². The molecule has 0 atom stereocenters. The first-order valence-corrected chi connectivity index (χ1v) is 5.99. The van der Waals surface area contributed by atoms with Crippen LogP contribution in [0.5, 0.6) is 0 Å². The molecular formula is C13H16F2N2O. The Morgan fingerprint density at radius 1 is 1.33 bits per heavy atom. The summed E-state index contributed by atoms with van der Waals surface area (Å²) in [6, 6.07) is 2.18. The van der Waals surface area contributed by atoms with Crippen LogP contribution in [-0.4, -0.2) is 5.91 Å². The molecule has 18 heavy (non-hydrogen) atoms. The Bertz CT molecular complexity index is 482. The van der Waals surface area contributed by atoms with Gasteiger partial charge in [0.05, 0.1) is 5.69 Å². The number of amides is 1. The van der Waals surface area contributed by atoms with Crippen LogP contribution < -0.4 is 11.1 Å². The molecule has 0 spiro atoms. The molecule has 1 aliphatic rings. The lowest BCUT2D eigenvalue weighted by Crippen LogP contribution is -2.31. The normalized spacial score (nSPS) is 17.7. The van der Waals surface area contributed by atoms with Crippen LogP contribution in [0, 0.1) is 17.0 Å². The summed E-state index contributed by atoms with van der Waals surface area (Å²) < 4.78 is 26.7. The van der Waals surface area contributed by atoms with Crippen LogP contribution in [0.3, 0.4) is 0 Å². The third-order valence-electron chi connectivity index (χ3n) is 3.62. The van der Waals surface area contributed by atoms with Crippen LogP contribution >= 0.6 is 0 Å². The lowest BCUT2D eigenvalue weighted by atomic mass is 9.88. The van der Waals surface area contributed by atoms with Crippen molar-refractivity contribution in [1.29, 1.82) is 0 Å². The van der Waals surface area contributed by atoms with Gasteiger partial charge in [0.15, 0.2) is 11.6 Å². The first kappa shape index (κ1) is 12.8. The average molecular weight is 254 g/mol. The maximum atomic E-state index is 13.6. The van der Waals surface area contributed by atoms with Gasteiger partial charge in [-0.3, -0.25) is 4.79 Å². The Balaban J connectivity index is 2.24. The van der Waals surface area contributed by atoms with Crippen LogP contribution in [0.4, 0.5) is 20.2 Å². The van der Waals surface area contributed by atoms with Crippen molar-refractivity contribution in [2.45, 2.75) is 32.6 Å². The Hall–Kier alpha value is -1.65. The Kier molecular flexibility index (Phi) is 3.24. The second-order valence-corrected chi connectivity index (χ2v) is 5.05. The highest BCUT2D eigenvalue weighted by atomic mass is 19.2. The van der Waals surface area contributed by atoms with Crippen molar-refractivity contribution in [2.75, 3.05) is 11.1 Å². The Labute approximate surface area is 104 Å². The maximum absolute atomic E-state index is 13.6. The van der Waals surface area contributed by atoms with E-state index in [1.54, 1.807) is 0 Å². The third kappa shape index (κ3) is 2.17. The van der Waals surface area contributed by atoms with Crippen LogP contribution in [0.25, 0.3) is 0 Å². The summed E-state index contributed by atoms with van der Waals surface area (Å²) in [5.41, 5.74) is 4.83. The molecule has 0 aromatic heterocycles. The van der Waals surface area contributed by atoms with E-state index in [4.69, 9.17) is 5.73 Å². The summed E-state index contributed by atoms with van der Waals surface area (Å²) in [7, 11) is 0. The van der Waals surface area contributed by atoms with Crippen molar-refractivity contribution in [1.82, 2.24) is 0 Å². The molecule has 1 aromatic rings. The number of nitrogen functional groups attached to an aromatic ring is 1. The zero-order valence-corrected chi connectivity index (χ0v) is 10.2. The van der Waals surface area contributed by atoms with E-state index in [1.165, 1.54) is 6.07 Å². The number of rotatable bonds is 2. The minimum absolute atomic E-state index is 0.0313. The highest BCUT2D eigenvalue weighted by molar-refractivity contribution is 5.97. The Morgan fingerprint density at radius 3 is 2.56 bits per heavy atom. The molecule has 0 unspecified atom stereocenters. The summed E-state index contributed by atoms with van der Waals surface area (Å²) in [4.78, 5) is 12.1. The molecule has 3 nitrogen and oxygen atoms in total. The minimum Gasteiger partial charge on any atom is -0.397 e. The SMILES string of the molecule is CC1(C(=O)Nc2c(N)ccc(F)c2F)CCCC1. The van der Waals surface area contributed by atoms with Gasteiger partial charge in [-0.05, 0) is 25.0 Å². The number of anilines is 2. The molecule has 1 aromatic carbocycles. The molecule has 98 valence electrons. The fourth-order valence-electron chi connectivity index (χ4n) is 2.34. The fraction of sp³-hybridized carbons (Fsp3) is 0.462. The number of halogens is 2. The second-order valence-electron chi connectivity index (χ2n) is 5.05. The number of nitrogens with two attached hydrogens (primary N) is 1. The molecule has 0 aliphatic heterocycles. The van der Waals surface area contributed by atoms with E-state index in [-0.39, 0.29) is 17.3 Å². The van der Waals surface area contributed by atoms with E-state index in [9.17, 15) is 13.6 Å². The highest BCUT2D eigenvalue weighted by Gasteiger charge is 2.36. The smallest absolute Gasteiger partial charge is 0.230 e. The molecule has 0 radical (unpaired) electrons. The van der Waals surface area contributed by atoms with Crippen molar-refractivity contribution >= 4 is 17.3 Å². The van der Waals surface area contributed by atoms with Crippen LogP contribution in [0.15, 0.2) is 12.1 Å². The van der Waals surface area contributed by atoms with Crippen LogP contribution in [-0.2, 0) is 4.79 Å². The summed E-state index contributed by atoms with van der Waals surface area (Å²) in [6.07, 6.45) is 3.47. The maximum Gasteiger partial charge on any atom is 0.230 e. The molecule has 1 fully saturated rings. The van der Waals surface area contributed by atoms with E-state index in [1.807, 2.05) is 6.92 Å². The topological polar surface area (TPSA) is 55.1 Å². The first-order chi connectivity index (χ1) is 8.44. The lowest BCUT2D eigenvalue weighted by molar-refractivity contribution is -0.124. The molecule has 0 heterocycles. The van der Waals surface area contributed by atoms with E-state index in [0.717, 1.165) is 31.7 Å². The van der Waals surface area contributed by atoms with Gasteiger partial charge in [-0.1, -0.05) is 19.8 Å². The summed E-state index contributed by atoms with van der Waals surface area (Å²) in [6.45, 7) is 1.84. The molecule has 1 aliphatic carbocycles. The van der Waals surface area contributed by atoms with Gasteiger partial charge in [-0.15, -0.1) is 0 Å². The molecule has 0 saturated heterocycles. The third-order valence-corrected chi connectivity index (χ3v) is 3.62. The second kappa shape index (κ2) is 4.55. The summed E-state index contributed by atoms with van der Waals surface area (Å²) in [5.74, 6) is -2.42. The van der Waals surface area contributed by atoms with Gasteiger partial charge < -0.3 is 11.1 Å². The van der Waals surface area contributed by atoms with Gasteiger partial charge in [0.1, 0.15) is 5.69 Å². The van der Waals surface area contributed by atoms with Crippen LogP contribution in [0.2, 0.25) is 0 Å². The molecule has 2 rings (SSSR count). The van der Waals surface area contributed by atoms with E-state index in [0.29, 0.717) is 0 Å². The molecule has 0 bridgehead atoms. The standard InChI is InChI=1S/C13H16F2N2O/c1-13(6-2-3-7-13)12(18)17-11-9(16)5-4-8(14)10(11)15/h4-5H,2-3,6-7,16H2,1H3,(H,17,18). The van der Waals surface area contributed by atoms with E-state index in [2.05, 4.69) is 5.32 Å².